The molecule has 0 saturated heterocycles. The van der Waals surface area contributed by atoms with Crippen molar-refractivity contribution in [1.82, 2.24) is 5.32 Å². The van der Waals surface area contributed by atoms with E-state index in [0.29, 0.717) is 18.5 Å². The normalized spacial score (nSPS) is 28.0. The topological polar surface area (TPSA) is 55.2 Å². The molecule has 3 rings (SSSR count). The third kappa shape index (κ3) is 2.72. The van der Waals surface area contributed by atoms with Crippen LogP contribution in [-0.4, -0.2) is 11.0 Å². The van der Waals surface area contributed by atoms with E-state index in [2.05, 4.69) is 24.4 Å². The van der Waals surface area contributed by atoms with Crippen molar-refractivity contribution < 1.29 is 4.92 Å². The van der Waals surface area contributed by atoms with Gasteiger partial charge in [-0.25, -0.2) is 0 Å². The molecule has 21 heavy (non-hydrogen) atoms. The van der Waals surface area contributed by atoms with Crippen LogP contribution >= 0.6 is 0 Å². The summed E-state index contributed by atoms with van der Waals surface area (Å²) in [5, 5.41) is 14.6. The first-order chi connectivity index (χ1) is 10.1. The maximum atomic E-state index is 11.0. The molecule has 4 heteroatoms. The van der Waals surface area contributed by atoms with E-state index < -0.39 is 0 Å². The van der Waals surface area contributed by atoms with Gasteiger partial charge in [0.1, 0.15) is 0 Å². The first-order valence-electron chi connectivity index (χ1n) is 7.71. The monoisotopic (exact) mass is 286 g/mol. The lowest BCUT2D eigenvalue weighted by molar-refractivity contribution is -0.385. The lowest BCUT2D eigenvalue weighted by Crippen LogP contribution is -2.35. The fraction of sp³-hybridized carbons (Fsp3) is 0.529. The number of benzene rings is 1. The van der Waals surface area contributed by atoms with Crippen LogP contribution in [0.1, 0.15) is 30.9 Å². The summed E-state index contributed by atoms with van der Waals surface area (Å²) in [6.07, 6.45) is 7.32. The van der Waals surface area contributed by atoms with Gasteiger partial charge in [0.15, 0.2) is 0 Å². The van der Waals surface area contributed by atoms with Crippen LogP contribution in [0.5, 0.6) is 0 Å². The minimum atomic E-state index is -0.303. The molecular weight excluding hydrogens is 264 g/mol. The van der Waals surface area contributed by atoms with Crippen molar-refractivity contribution in [2.75, 3.05) is 0 Å². The Bertz CT molecular complexity index is 582. The van der Waals surface area contributed by atoms with Gasteiger partial charge in [0.2, 0.25) is 0 Å². The highest BCUT2D eigenvalue weighted by Crippen LogP contribution is 2.44. The van der Waals surface area contributed by atoms with E-state index in [0.717, 1.165) is 23.0 Å². The highest BCUT2D eigenvalue weighted by molar-refractivity contribution is 5.44. The van der Waals surface area contributed by atoms with Crippen LogP contribution in [-0.2, 0) is 6.54 Å². The highest BCUT2D eigenvalue weighted by atomic mass is 16.6. The summed E-state index contributed by atoms with van der Waals surface area (Å²) in [6.45, 7) is 4.78. The number of nitro benzene ring substituents is 1. The summed E-state index contributed by atoms with van der Waals surface area (Å²) >= 11 is 0. The van der Waals surface area contributed by atoms with Gasteiger partial charge in [-0.15, -0.1) is 0 Å². The molecule has 4 atom stereocenters. The zero-order valence-electron chi connectivity index (χ0n) is 12.6. The molecule has 1 saturated carbocycles. The fourth-order valence-corrected chi connectivity index (χ4v) is 3.88. The lowest BCUT2D eigenvalue weighted by Gasteiger charge is -2.26. The van der Waals surface area contributed by atoms with Crippen LogP contribution in [0.3, 0.4) is 0 Å². The van der Waals surface area contributed by atoms with Gasteiger partial charge in [-0.1, -0.05) is 24.3 Å². The molecule has 4 unspecified atom stereocenters. The molecule has 1 aromatic rings. The van der Waals surface area contributed by atoms with E-state index in [1.807, 2.05) is 13.0 Å². The fourth-order valence-electron chi connectivity index (χ4n) is 3.88. The minimum absolute atomic E-state index is 0.213. The highest BCUT2D eigenvalue weighted by Gasteiger charge is 2.38. The summed E-state index contributed by atoms with van der Waals surface area (Å²) < 4.78 is 0. The van der Waals surface area contributed by atoms with Crippen LogP contribution in [0.4, 0.5) is 5.69 Å². The number of hydrogen-bond donors (Lipinski definition) is 1. The molecule has 1 N–H and O–H groups in total. The quantitative estimate of drug-likeness (QED) is 0.511. The first-order valence-corrected chi connectivity index (χ1v) is 7.71. The number of nitro groups is 1. The van der Waals surface area contributed by atoms with E-state index >= 15 is 0 Å². The van der Waals surface area contributed by atoms with Crippen molar-refractivity contribution in [3.05, 3.63) is 51.6 Å². The Balaban J connectivity index is 1.64. The Kier molecular flexibility index (Phi) is 3.81. The second kappa shape index (κ2) is 5.60. The summed E-state index contributed by atoms with van der Waals surface area (Å²) in [5.74, 6) is 2.21. The number of allylic oxidation sites excluding steroid dienone is 2. The smallest absolute Gasteiger partial charge is 0.272 e. The Hall–Kier alpha value is -1.68. The van der Waals surface area contributed by atoms with Crippen LogP contribution in [0, 0.1) is 34.8 Å². The Labute approximate surface area is 125 Å². The van der Waals surface area contributed by atoms with Gasteiger partial charge in [-0.05, 0) is 50.0 Å². The molecule has 0 radical (unpaired) electrons. The van der Waals surface area contributed by atoms with Crippen molar-refractivity contribution >= 4 is 5.69 Å². The van der Waals surface area contributed by atoms with Crippen molar-refractivity contribution in [1.29, 1.82) is 0 Å². The van der Waals surface area contributed by atoms with Gasteiger partial charge in [0.05, 0.1) is 4.92 Å². The number of nitrogens with zero attached hydrogens (tertiary/aromatic N) is 1. The van der Waals surface area contributed by atoms with Gasteiger partial charge in [-0.3, -0.25) is 10.1 Å². The molecule has 1 aromatic carbocycles. The second-order valence-corrected chi connectivity index (χ2v) is 6.43. The van der Waals surface area contributed by atoms with Crippen LogP contribution in [0.2, 0.25) is 0 Å². The molecule has 2 bridgehead atoms. The van der Waals surface area contributed by atoms with E-state index in [1.165, 1.54) is 12.8 Å². The summed E-state index contributed by atoms with van der Waals surface area (Å²) in [6, 6.07) is 5.77. The van der Waals surface area contributed by atoms with Crippen LogP contribution in [0.25, 0.3) is 0 Å². The SMILES string of the molecule is Cc1c(CNC(C)C2CC3C=CC2C3)cccc1[N+](=O)[O-]. The average molecular weight is 286 g/mol. The molecule has 2 aliphatic carbocycles. The Morgan fingerprint density at radius 1 is 1.38 bits per heavy atom. The molecule has 112 valence electrons. The molecule has 0 aromatic heterocycles. The minimum Gasteiger partial charge on any atom is -0.310 e. The third-order valence-corrected chi connectivity index (χ3v) is 5.20. The van der Waals surface area contributed by atoms with Gasteiger partial charge in [-0.2, -0.15) is 0 Å². The summed E-state index contributed by atoms with van der Waals surface area (Å²) in [4.78, 5) is 10.7. The number of nitrogens with one attached hydrogen (secondary N) is 1. The first kappa shape index (κ1) is 14.3. The van der Waals surface area contributed by atoms with Crippen LogP contribution in [0.15, 0.2) is 30.4 Å². The molecule has 4 nitrogen and oxygen atoms in total. The summed E-state index contributed by atoms with van der Waals surface area (Å²) in [7, 11) is 0. The van der Waals surface area contributed by atoms with Gasteiger partial charge >= 0.3 is 0 Å². The van der Waals surface area contributed by atoms with Crippen molar-refractivity contribution in [2.24, 2.45) is 17.8 Å². The van der Waals surface area contributed by atoms with E-state index in [9.17, 15) is 10.1 Å². The van der Waals surface area contributed by atoms with Crippen molar-refractivity contribution in [2.45, 2.75) is 39.3 Å². The molecule has 1 fully saturated rings. The molecular formula is C17H22N2O2. The third-order valence-electron chi connectivity index (χ3n) is 5.20. The zero-order valence-corrected chi connectivity index (χ0v) is 12.6. The number of fused-ring (bicyclic) bond motifs is 2. The average Bonchev–Trinajstić information content (AvgIpc) is 3.08. The van der Waals surface area contributed by atoms with Gasteiger partial charge < -0.3 is 5.32 Å². The van der Waals surface area contributed by atoms with Gasteiger partial charge in [0, 0.05) is 24.2 Å². The van der Waals surface area contributed by atoms with E-state index in [4.69, 9.17) is 0 Å². The van der Waals surface area contributed by atoms with Crippen molar-refractivity contribution in [3.8, 4) is 0 Å². The van der Waals surface area contributed by atoms with Gasteiger partial charge in [0.25, 0.3) is 5.69 Å². The van der Waals surface area contributed by atoms with E-state index in [1.54, 1.807) is 12.1 Å². The van der Waals surface area contributed by atoms with Crippen LogP contribution < -0.4 is 5.32 Å². The lowest BCUT2D eigenvalue weighted by atomic mass is 9.87. The predicted octanol–water partition coefficient (Wildman–Crippen LogP) is 3.59. The Morgan fingerprint density at radius 2 is 2.19 bits per heavy atom. The molecule has 2 aliphatic rings. The van der Waals surface area contributed by atoms with Crippen molar-refractivity contribution in [3.63, 3.8) is 0 Å². The van der Waals surface area contributed by atoms with E-state index in [-0.39, 0.29) is 10.6 Å². The second-order valence-electron chi connectivity index (χ2n) is 6.43. The largest absolute Gasteiger partial charge is 0.310 e. The molecule has 0 amide bonds. The Morgan fingerprint density at radius 3 is 2.81 bits per heavy atom. The predicted molar refractivity (Wildman–Crippen MR) is 83.0 cm³/mol. The number of rotatable bonds is 5. The number of hydrogen-bond acceptors (Lipinski definition) is 3. The molecule has 0 spiro atoms. The zero-order chi connectivity index (χ0) is 15.0. The molecule has 0 heterocycles. The maximum Gasteiger partial charge on any atom is 0.272 e. The summed E-state index contributed by atoms with van der Waals surface area (Å²) in [5.41, 5.74) is 2.01. The standard InChI is InChI=1S/C17H22N2O2/c1-11-15(4-3-5-17(11)19(20)21)10-18-12(2)16-9-13-6-7-14(16)8-13/h3-7,12-14,16,18H,8-10H2,1-2H3. The maximum absolute atomic E-state index is 11.0. The molecule has 0 aliphatic heterocycles.